The van der Waals surface area contributed by atoms with Gasteiger partial charge >= 0.3 is 0 Å². The van der Waals surface area contributed by atoms with E-state index in [9.17, 15) is 4.79 Å². The molecule has 0 saturated heterocycles. The Bertz CT molecular complexity index is 394. The van der Waals surface area contributed by atoms with Crippen molar-refractivity contribution < 1.29 is 9.63 Å². The average Bonchev–Trinajstić information content (AvgIpc) is 2.94. The molecule has 5 heteroatoms. The van der Waals surface area contributed by atoms with Gasteiger partial charge < -0.3 is 0 Å². The van der Waals surface area contributed by atoms with Crippen molar-refractivity contribution in [2.75, 3.05) is 0 Å². The van der Waals surface area contributed by atoms with Crippen molar-refractivity contribution in [1.82, 2.24) is 15.3 Å². The molecule has 1 aromatic rings. The van der Waals surface area contributed by atoms with E-state index in [0.717, 1.165) is 18.5 Å². The molecule has 0 bridgehead atoms. The number of carbonyl (C=O) groups is 1. The van der Waals surface area contributed by atoms with Crippen LogP contribution in [0.15, 0.2) is 6.07 Å². The Kier molecular flexibility index (Phi) is 3.78. The van der Waals surface area contributed by atoms with Gasteiger partial charge in [0.15, 0.2) is 0 Å². The van der Waals surface area contributed by atoms with Crippen molar-refractivity contribution in [2.45, 2.75) is 52.2 Å². The molecule has 0 radical (unpaired) electrons. The second-order valence-electron chi connectivity index (χ2n) is 4.44. The summed E-state index contributed by atoms with van der Waals surface area (Å²) in [4.78, 5) is 17.3. The number of nitrogens with one attached hydrogen (secondary N) is 1. The summed E-state index contributed by atoms with van der Waals surface area (Å²) in [5.41, 5.74) is 3.93. The van der Waals surface area contributed by atoms with Gasteiger partial charge in [-0.2, -0.15) is 5.10 Å². The first-order chi connectivity index (χ1) is 8.20. The zero-order valence-electron chi connectivity index (χ0n) is 10.4. The normalized spacial score (nSPS) is 16.4. The SMILES string of the molecule is CCn1nc(C)cc1C(=O)NOC1CCCC1. The van der Waals surface area contributed by atoms with Crippen LogP contribution in [0.5, 0.6) is 0 Å². The summed E-state index contributed by atoms with van der Waals surface area (Å²) in [7, 11) is 0. The van der Waals surface area contributed by atoms with E-state index >= 15 is 0 Å². The van der Waals surface area contributed by atoms with Crippen molar-refractivity contribution in [3.8, 4) is 0 Å². The molecule has 0 atom stereocenters. The largest absolute Gasteiger partial charge is 0.293 e. The maximum absolute atomic E-state index is 11.9. The van der Waals surface area contributed by atoms with Crippen molar-refractivity contribution >= 4 is 5.91 Å². The number of aryl methyl sites for hydroxylation is 2. The number of aromatic nitrogens is 2. The predicted molar refractivity (Wildman–Crippen MR) is 63.4 cm³/mol. The third-order valence-electron chi connectivity index (χ3n) is 3.05. The fraction of sp³-hybridized carbons (Fsp3) is 0.667. The van der Waals surface area contributed by atoms with Crippen molar-refractivity contribution in [3.63, 3.8) is 0 Å². The number of amides is 1. The molecule has 1 aromatic heterocycles. The molecule has 1 amide bonds. The monoisotopic (exact) mass is 237 g/mol. The molecule has 1 saturated carbocycles. The minimum absolute atomic E-state index is 0.179. The lowest BCUT2D eigenvalue weighted by atomic mass is 10.3. The molecule has 1 N–H and O–H groups in total. The molecule has 5 nitrogen and oxygen atoms in total. The molecule has 1 fully saturated rings. The summed E-state index contributed by atoms with van der Waals surface area (Å²) in [6, 6.07) is 1.77. The molecular formula is C12H19N3O2. The number of rotatable bonds is 4. The van der Waals surface area contributed by atoms with Crippen LogP contribution in [0.4, 0.5) is 0 Å². The molecule has 0 unspecified atom stereocenters. The molecule has 1 aliphatic rings. The summed E-state index contributed by atoms with van der Waals surface area (Å²) in [5.74, 6) is -0.209. The van der Waals surface area contributed by atoms with Gasteiger partial charge in [0.1, 0.15) is 5.69 Å². The van der Waals surface area contributed by atoms with Crippen LogP contribution >= 0.6 is 0 Å². The zero-order chi connectivity index (χ0) is 12.3. The standard InChI is InChI=1S/C12H19N3O2/c1-3-15-11(8-9(2)13-15)12(16)14-17-10-6-4-5-7-10/h8,10H,3-7H2,1-2H3,(H,14,16). The van der Waals surface area contributed by atoms with Crippen LogP contribution in [-0.2, 0) is 11.4 Å². The Balaban J connectivity index is 1.93. The Hall–Kier alpha value is -1.36. The first-order valence-electron chi connectivity index (χ1n) is 6.21. The molecule has 1 heterocycles. The Morgan fingerprint density at radius 3 is 2.94 bits per heavy atom. The Labute approximate surface area is 101 Å². The van der Waals surface area contributed by atoms with E-state index in [4.69, 9.17) is 4.84 Å². The summed E-state index contributed by atoms with van der Waals surface area (Å²) < 4.78 is 1.68. The van der Waals surface area contributed by atoms with Gasteiger partial charge in [0, 0.05) is 6.54 Å². The minimum atomic E-state index is -0.209. The average molecular weight is 237 g/mol. The van der Waals surface area contributed by atoms with Crippen molar-refractivity contribution in [1.29, 1.82) is 0 Å². The second kappa shape index (κ2) is 5.31. The molecule has 17 heavy (non-hydrogen) atoms. The van der Waals surface area contributed by atoms with Crippen LogP contribution in [0.1, 0.15) is 48.8 Å². The van der Waals surface area contributed by atoms with Crippen LogP contribution in [-0.4, -0.2) is 21.8 Å². The molecular weight excluding hydrogens is 218 g/mol. The van der Waals surface area contributed by atoms with Gasteiger partial charge in [0.25, 0.3) is 5.91 Å². The fourth-order valence-electron chi connectivity index (χ4n) is 2.16. The number of nitrogens with zero attached hydrogens (tertiary/aromatic N) is 2. The molecule has 2 rings (SSSR count). The second-order valence-corrected chi connectivity index (χ2v) is 4.44. The lowest BCUT2D eigenvalue weighted by molar-refractivity contribution is -0.0130. The smallest absolute Gasteiger partial charge is 0.270 e. The molecule has 1 aliphatic carbocycles. The van der Waals surface area contributed by atoms with E-state index in [0.29, 0.717) is 12.2 Å². The minimum Gasteiger partial charge on any atom is -0.270 e. The molecule has 94 valence electrons. The zero-order valence-corrected chi connectivity index (χ0v) is 10.4. The molecule has 0 aromatic carbocycles. The van der Waals surface area contributed by atoms with Gasteiger partial charge in [-0.15, -0.1) is 0 Å². The fourth-order valence-corrected chi connectivity index (χ4v) is 2.16. The lowest BCUT2D eigenvalue weighted by Crippen LogP contribution is -2.30. The van der Waals surface area contributed by atoms with Gasteiger partial charge in [-0.3, -0.25) is 14.3 Å². The number of hydroxylamine groups is 1. The van der Waals surface area contributed by atoms with Gasteiger partial charge in [0.2, 0.25) is 0 Å². The highest BCUT2D eigenvalue weighted by Crippen LogP contribution is 2.20. The summed E-state index contributed by atoms with van der Waals surface area (Å²) in [6.07, 6.45) is 4.62. The van der Waals surface area contributed by atoms with E-state index < -0.39 is 0 Å². The topological polar surface area (TPSA) is 56.2 Å². The maximum Gasteiger partial charge on any atom is 0.293 e. The van der Waals surface area contributed by atoms with E-state index in [1.165, 1.54) is 12.8 Å². The molecule has 0 spiro atoms. The van der Waals surface area contributed by atoms with Gasteiger partial charge in [0.05, 0.1) is 11.8 Å². The van der Waals surface area contributed by atoms with E-state index in [1.54, 1.807) is 10.7 Å². The third-order valence-corrected chi connectivity index (χ3v) is 3.05. The Morgan fingerprint density at radius 2 is 2.29 bits per heavy atom. The van der Waals surface area contributed by atoms with Gasteiger partial charge in [-0.1, -0.05) is 12.8 Å². The van der Waals surface area contributed by atoms with E-state index in [-0.39, 0.29) is 12.0 Å². The lowest BCUT2D eigenvalue weighted by Gasteiger charge is -2.11. The number of hydrogen-bond acceptors (Lipinski definition) is 3. The van der Waals surface area contributed by atoms with Gasteiger partial charge in [-0.05, 0) is 32.8 Å². The highest BCUT2D eigenvalue weighted by atomic mass is 16.7. The van der Waals surface area contributed by atoms with Crippen LogP contribution in [0.3, 0.4) is 0 Å². The predicted octanol–water partition coefficient (Wildman–Crippen LogP) is 1.82. The van der Waals surface area contributed by atoms with Crippen LogP contribution in [0.2, 0.25) is 0 Å². The van der Waals surface area contributed by atoms with Crippen LogP contribution < -0.4 is 5.48 Å². The first-order valence-corrected chi connectivity index (χ1v) is 6.21. The van der Waals surface area contributed by atoms with E-state index in [1.807, 2.05) is 13.8 Å². The van der Waals surface area contributed by atoms with Crippen LogP contribution in [0.25, 0.3) is 0 Å². The van der Waals surface area contributed by atoms with Crippen molar-refractivity contribution in [3.05, 3.63) is 17.5 Å². The quantitative estimate of drug-likeness (QED) is 0.813. The summed E-state index contributed by atoms with van der Waals surface area (Å²) in [6.45, 7) is 4.52. The van der Waals surface area contributed by atoms with Gasteiger partial charge in [-0.25, -0.2) is 5.48 Å². The van der Waals surface area contributed by atoms with Crippen molar-refractivity contribution in [2.24, 2.45) is 0 Å². The summed E-state index contributed by atoms with van der Waals surface area (Å²) >= 11 is 0. The van der Waals surface area contributed by atoms with Crippen LogP contribution in [0, 0.1) is 6.92 Å². The third kappa shape index (κ3) is 2.85. The summed E-state index contributed by atoms with van der Waals surface area (Å²) in [5, 5.41) is 4.23. The highest BCUT2D eigenvalue weighted by molar-refractivity contribution is 5.91. The Morgan fingerprint density at radius 1 is 1.59 bits per heavy atom. The number of carbonyl (C=O) groups excluding carboxylic acids is 1. The number of hydrogen-bond donors (Lipinski definition) is 1. The highest BCUT2D eigenvalue weighted by Gasteiger charge is 2.19. The molecule has 0 aliphatic heterocycles. The maximum atomic E-state index is 11.9. The van der Waals surface area contributed by atoms with E-state index in [2.05, 4.69) is 10.6 Å². The first kappa shape index (κ1) is 12.1.